The third-order valence-electron chi connectivity index (χ3n) is 3.52. The van der Waals surface area contributed by atoms with Crippen LogP contribution in [-0.2, 0) is 9.59 Å². The van der Waals surface area contributed by atoms with Gasteiger partial charge in [-0.1, -0.05) is 6.07 Å². The summed E-state index contributed by atoms with van der Waals surface area (Å²) in [5, 5.41) is 2.04. The van der Waals surface area contributed by atoms with Gasteiger partial charge < -0.3 is 9.80 Å². The first-order valence-electron chi connectivity index (χ1n) is 6.48. The number of carbonyl (C=O) groups excluding carboxylic acids is 2. The molecule has 3 rings (SSSR count). The number of hydrogen-bond donors (Lipinski definition) is 0. The molecule has 2 aliphatic rings. The van der Waals surface area contributed by atoms with Gasteiger partial charge >= 0.3 is 0 Å². The van der Waals surface area contributed by atoms with E-state index in [1.54, 1.807) is 28.0 Å². The van der Waals surface area contributed by atoms with Crippen LogP contribution < -0.4 is 0 Å². The van der Waals surface area contributed by atoms with E-state index in [9.17, 15) is 9.59 Å². The van der Waals surface area contributed by atoms with E-state index in [-0.39, 0.29) is 23.7 Å². The molecule has 1 atom stereocenters. The molecule has 1 aromatic rings. The molecular formula is C13H16N2O2S2. The van der Waals surface area contributed by atoms with Gasteiger partial charge in [0.15, 0.2) is 0 Å². The number of nitrogens with zero attached hydrogens (tertiary/aromatic N) is 2. The molecule has 0 aromatic carbocycles. The van der Waals surface area contributed by atoms with E-state index in [0.717, 1.165) is 30.8 Å². The van der Waals surface area contributed by atoms with E-state index in [1.807, 2.05) is 22.4 Å². The Bertz CT molecular complexity index is 469. The van der Waals surface area contributed by atoms with Crippen LogP contribution in [0.25, 0.3) is 0 Å². The van der Waals surface area contributed by atoms with Crippen LogP contribution in [0.15, 0.2) is 17.5 Å². The van der Waals surface area contributed by atoms with Gasteiger partial charge in [-0.3, -0.25) is 9.59 Å². The van der Waals surface area contributed by atoms with Crippen molar-refractivity contribution in [3.8, 4) is 0 Å². The SMILES string of the molecule is O=C(CN1C(=O)CS[C@H]1c1cccs1)N1CCCC1. The molecule has 102 valence electrons. The Morgan fingerprint density at radius 2 is 2.16 bits per heavy atom. The first-order chi connectivity index (χ1) is 9.25. The smallest absolute Gasteiger partial charge is 0.242 e. The maximum atomic E-state index is 12.2. The number of thioether (sulfide) groups is 1. The lowest BCUT2D eigenvalue weighted by Gasteiger charge is -2.25. The van der Waals surface area contributed by atoms with E-state index in [0.29, 0.717) is 5.75 Å². The standard InChI is InChI=1S/C13H16N2O2S2/c16-11(14-5-1-2-6-14)8-15-12(17)9-19-13(15)10-4-3-7-18-10/h3-4,7,13H,1-2,5-6,8-9H2/t13-/m0/s1. The summed E-state index contributed by atoms with van der Waals surface area (Å²) in [5.74, 6) is 0.654. The first kappa shape index (κ1) is 13.0. The number of carbonyl (C=O) groups is 2. The third kappa shape index (κ3) is 2.65. The molecular weight excluding hydrogens is 280 g/mol. The molecule has 2 amide bonds. The summed E-state index contributed by atoms with van der Waals surface area (Å²) in [5.41, 5.74) is 0. The van der Waals surface area contributed by atoms with E-state index < -0.39 is 0 Å². The summed E-state index contributed by atoms with van der Waals surface area (Å²) in [6.45, 7) is 1.92. The zero-order valence-electron chi connectivity index (χ0n) is 10.6. The van der Waals surface area contributed by atoms with Crippen molar-refractivity contribution in [3.05, 3.63) is 22.4 Å². The number of likely N-dealkylation sites (tertiary alicyclic amines) is 1. The minimum absolute atomic E-state index is 0.0269. The zero-order chi connectivity index (χ0) is 13.2. The molecule has 3 heterocycles. The Kier molecular flexibility index (Phi) is 3.79. The van der Waals surface area contributed by atoms with Crippen LogP contribution in [0.5, 0.6) is 0 Å². The summed E-state index contributed by atoms with van der Waals surface area (Å²) in [7, 11) is 0. The maximum Gasteiger partial charge on any atom is 0.242 e. The third-order valence-corrected chi connectivity index (χ3v) is 5.83. The van der Waals surface area contributed by atoms with Gasteiger partial charge in [0.2, 0.25) is 11.8 Å². The molecule has 0 radical (unpaired) electrons. The largest absolute Gasteiger partial charge is 0.341 e. The zero-order valence-corrected chi connectivity index (χ0v) is 12.2. The van der Waals surface area contributed by atoms with Crippen LogP contribution >= 0.6 is 23.1 Å². The number of hydrogen-bond acceptors (Lipinski definition) is 4. The highest BCUT2D eigenvalue weighted by Gasteiger charge is 2.35. The van der Waals surface area contributed by atoms with Crippen LogP contribution in [-0.4, -0.2) is 47.0 Å². The van der Waals surface area contributed by atoms with Crippen LogP contribution in [0.3, 0.4) is 0 Å². The Balaban J connectivity index is 1.70. The van der Waals surface area contributed by atoms with E-state index >= 15 is 0 Å². The maximum absolute atomic E-state index is 12.2. The monoisotopic (exact) mass is 296 g/mol. The van der Waals surface area contributed by atoms with Gasteiger partial charge in [-0.25, -0.2) is 0 Å². The predicted octanol–water partition coefficient (Wildman–Crippen LogP) is 1.94. The summed E-state index contributed by atoms with van der Waals surface area (Å²) >= 11 is 3.26. The van der Waals surface area contributed by atoms with Gasteiger partial charge in [0, 0.05) is 18.0 Å². The number of thiophene rings is 1. The lowest BCUT2D eigenvalue weighted by atomic mass is 10.3. The summed E-state index contributed by atoms with van der Waals surface area (Å²) in [4.78, 5) is 28.9. The van der Waals surface area contributed by atoms with Gasteiger partial charge in [-0.15, -0.1) is 23.1 Å². The van der Waals surface area contributed by atoms with Crippen molar-refractivity contribution in [1.82, 2.24) is 9.80 Å². The number of amides is 2. The molecule has 0 N–H and O–H groups in total. The second-order valence-corrected chi connectivity index (χ2v) is 6.84. The molecule has 4 nitrogen and oxygen atoms in total. The summed E-state index contributed by atoms with van der Waals surface area (Å²) < 4.78 is 0. The summed E-state index contributed by atoms with van der Waals surface area (Å²) in [6, 6.07) is 4.03. The second kappa shape index (κ2) is 5.54. The fourth-order valence-electron chi connectivity index (χ4n) is 2.50. The molecule has 0 unspecified atom stereocenters. The van der Waals surface area contributed by atoms with Gasteiger partial charge in [0.1, 0.15) is 11.9 Å². The highest BCUT2D eigenvalue weighted by atomic mass is 32.2. The van der Waals surface area contributed by atoms with Crippen LogP contribution in [0.4, 0.5) is 0 Å². The topological polar surface area (TPSA) is 40.6 Å². The normalized spacial score (nSPS) is 23.4. The van der Waals surface area contributed by atoms with Gasteiger partial charge in [0.25, 0.3) is 0 Å². The predicted molar refractivity (Wildman–Crippen MR) is 77.0 cm³/mol. The van der Waals surface area contributed by atoms with Crippen molar-refractivity contribution >= 4 is 34.9 Å². The Morgan fingerprint density at radius 3 is 2.84 bits per heavy atom. The molecule has 1 aromatic heterocycles. The van der Waals surface area contributed by atoms with Crippen molar-refractivity contribution in [2.24, 2.45) is 0 Å². The molecule has 19 heavy (non-hydrogen) atoms. The molecule has 2 saturated heterocycles. The van der Waals surface area contributed by atoms with Crippen molar-refractivity contribution < 1.29 is 9.59 Å². The van der Waals surface area contributed by atoms with Crippen LogP contribution in [0.1, 0.15) is 23.1 Å². The van der Waals surface area contributed by atoms with E-state index in [2.05, 4.69) is 0 Å². The van der Waals surface area contributed by atoms with Crippen molar-refractivity contribution in [2.45, 2.75) is 18.2 Å². The molecule has 2 aliphatic heterocycles. The van der Waals surface area contributed by atoms with E-state index in [1.165, 1.54) is 0 Å². The van der Waals surface area contributed by atoms with Gasteiger partial charge in [-0.05, 0) is 24.3 Å². The molecule has 2 fully saturated rings. The minimum Gasteiger partial charge on any atom is -0.341 e. The fraction of sp³-hybridized carbons (Fsp3) is 0.538. The quantitative estimate of drug-likeness (QED) is 0.856. The summed E-state index contributed by atoms with van der Waals surface area (Å²) in [6.07, 6.45) is 2.17. The Labute approximate surface area is 120 Å². The highest BCUT2D eigenvalue weighted by Crippen LogP contribution is 2.40. The Morgan fingerprint density at radius 1 is 1.37 bits per heavy atom. The molecule has 0 saturated carbocycles. The highest BCUT2D eigenvalue weighted by molar-refractivity contribution is 8.00. The number of rotatable bonds is 3. The van der Waals surface area contributed by atoms with Gasteiger partial charge in [-0.2, -0.15) is 0 Å². The van der Waals surface area contributed by atoms with Crippen LogP contribution in [0, 0.1) is 0 Å². The first-order valence-corrected chi connectivity index (χ1v) is 8.41. The average Bonchev–Trinajstić information content (AvgIpc) is 3.10. The fourth-order valence-corrected chi connectivity index (χ4v) is 4.67. The molecule has 0 spiro atoms. The average molecular weight is 296 g/mol. The lowest BCUT2D eigenvalue weighted by Crippen LogP contribution is -2.40. The molecule has 0 bridgehead atoms. The Hall–Kier alpha value is -1.01. The minimum atomic E-state index is 0.0269. The molecule has 0 aliphatic carbocycles. The molecule has 6 heteroatoms. The van der Waals surface area contributed by atoms with Gasteiger partial charge in [0.05, 0.1) is 5.75 Å². The second-order valence-electron chi connectivity index (χ2n) is 4.79. The van der Waals surface area contributed by atoms with E-state index in [4.69, 9.17) is 0 Å². The lowest BCUT2D eigenvalue weighted by molar-refractivity contribution is -0.138. The van der Waals surface area contributed by atoms with Crippen molar-refractivity contribution in [3.63, 3.8) is 0 Å². The van der Waals surface area contributed by atoms with Crippen molar-refractivity contribution in [1.29, 1.82) is 0 Å². The van der Waals surface area contributed by atoms with Crippen molar-refractivity contribution in [2.75, 3.05) is 25.4 Å². The van der Waals surface area contributed by atoms with Crippen LogP contribution in [0.2, 0.25) is 0 Å².